The summed E-state index contributed by atoms with van der Waals surface area (Å²) in [6.07, 6.45) is 16.2. The summed E-state index contributed by atoms with van der Waals surface area (Å²) in [5.41, 5.74) is 0.712. The number of aliphatic hydroxyl groups is 1. The van der Waals surface area contributed by atoms with E-state index in [1.807, 2.05) is 13.0 Å². The highest BCUT2D eigenvalue weighted by molar-refractivity contribution is 5.92. The van der Waals surface area contributed by atoms with Crippen molar-refractivity contribution < 1.29 is 43.3 Å². The normalized spacial score (nSPS) is 12.5. The second kappa shape index (κ2) is 30.3. The van der Waals surface area contributed by atoms with Crippen molar-refractivity contribution in [2.24, 2.45) is 11.8 Å². The molecule has 0 unspecified atom stereocenters. The van der Waals surface area contributed by atoms with Crippen LogP contribution in [0.15, 0.2) is 36.4 Å². The maximum atomic E-state index is 14.0. The Morgan fingerprint density at radius 1 is 0.868 bits per heavy atom. The molecule has 3 N–H and O–H groups in total. The number of hydrogen-bond acceptors (Lipinski definition) is 9. The molecule has 0 saturated carbocycles. The van der Waals surface area contributed by atoms with Gasteiger partial charge in [0, 0.05) is 25.9 Å². The van der Waals surface area contributed by atoms with Gasteiger partial charge in [-0.2, -0.15) is 0 Å². The van der Waals surface area contributed by atoms with E-state index in [2.05, 4.69) is 34.1 Å². The molecule has 11 nitrogen and oxygen atoms in total. The fourth-order valence-corrected chi connectivity index (χ4v) is 5.62. The molecule has 0 bridgehead atoms. The molecule has 1 aromatic carbocycles. The van der Waals surface area contributed by atoms with Crippen molar-refractivity contribution in [3.8, 4) is 17.6 Å². The summed E-state index contributed by atoms with van der Waals surface area (Å²) in [7, 11) is 1.21. The number of aliphatic hydroxyl groups excluding tert-OH is 1. The van der Waals surface area contributed by atoms with Gasteiger partial charge >= 0.3 is 11.9 Å². The molecule has 296 valence electrons. The number of carbonyl (C=O) groups is 5. The van der Waals surface area contributed by atoms with Gasteiger partial charge in [0.25, 0.3) is 0 Å². The van der Waals surface area contributed by atoms with Crippen LogP contribution in [-0.4, -0.2) is 74.2 Å². The molecular formula is C42H64N2O9. The van der Waals surface area contributed by atoms with Crippen molar-refractivity contribution >= 4 is 29.5 Å². The number of esters is 2. The van der Waals surface area contributed by atoms with E-state index in [1.54, 1.807) is 37.3 Å². The Morgan fingerprint density at radius 3 is 2.15 bits per heavy atom. The lowest BCUT2D eigenvalue weighted by Crippen LogP contribution is -2.51. The highest BCUT2D eigenvalue weighted by Crippen LogP contribution is 2.22. The molecule has 3 atom stereocenters. The number of unbranched alkanes of at least 4 members (excludes halogenated alkanes) is 9. The smallest absolute Gasteiger partial charge is 0.325 e. The van der Waals surface area contributed by atoms with Crippen LogP contribution in [0.4, 0.5) is 0 Å². The zero-order valence-electron chi connectivity index (χ0n) is 32.6. The quantitative estimate of drug-likeness (QED) is 0.0362. The molecule has 0 fully saturated rings. The first-order chi connectivity index (χ1) is 25.7. The standard InChI is InChI=1S/C42H64N2O9/c1-5-8-11-14-17-20-34(46)21-18-15-12-13-16-19-22-36(37(27-28-45)42(50)53-30-10-7-3)40(48)44-38(41(49)43-32-39(47)51-4)31-33-23-25-35(26-24-33)52-29-9-6-2/h19,22-26,36-38,45H,5,7-8,10-18,20-21,27-32H2,1-4H3,(H,43,49)(H,44,48)/b22-19+/t36-,37+,38-/m0/s1. The van der Waals surface area contributed by atoms with Crippen LogP contribution >= 0.6 is 0 Å². The van der Waals surface area contributed by atoms with Crippen molar-refractivity contribution in [3.63, 3.8) is 0 Å². The molecule has 0 aliphatic carbocycles. The van der Waals surface area contributed by atoms with Gasteiger partial charge in [-0.25, -0.2) is 0 Å². The highest BCUT2D eigenvalue weighted by Gasteiger charge is 2.35. The molecule has 1 aromatic rings. The third-order valence-electron chi connectivity index (χ3n) is 8.82. The minimum Gasteiger partial charge on any atom is -0.481 e. The van der Waals surface area contributed by atoms with Crippen LogP contribution in [-0.2, 0) is 39.9 Å². The summed E-state index contributed by atoms with van der Waals surface area (Å²) in [6, 6.07) is 5.90. The van der Waals surface area contributed by atoms with Crippen molar-refractivity contribution in [1.82, 2.24) is 10.6 Å². The van der Waals surface area contributed by atoms with Crippen molar-refractivity contribution in [2.45, 2.75) is 130 Å². The van der Waals surface area contributed by atoms with Crippen LogP contribution in [0.2, 0.25) is 0 Å². The maximum absolute atomic E-state index is 14.0. The molecule has 0 heterocycles. The molecule has 11 heteroatoms. The topological polar surface area (TPSA) is 157 Å². The van der Waals surface area contributed by atoms with E-state index in [0.717, 1.165) is 44.9 Å². The van der Waals surface area contributed by atoms with Crippen LogP contribution in [0.3, 0.4) is 0 Å². The van der Waals surface area contributed by atoms with Crippen molar-refractivity contribution in [2.75, 3.05) is 33.5 Å². The predicted octanol–water partition coefficient (Wildman–Crippen LogP) is 6.19. The number of nitrogens with one attached hydrogen (secondary N) is 2. The van der Waals surface area contributed by atoms with Crippen molar-refractivity contribution in [1.29, 1.82) is 0 Å². The molecule has 2 amide bonds. The number of allylic oxidation sites excluding steroid dienone is 1. The third kappa shape index (κ3) is 21.8. The Morgan fingerprint density at radius 2 is 1.53 bits per heavy atom. The van der Waals surface area contributed by atoms with Gasteiger partial charge in [-0.1, -0.05) is 89.0 Å². The summed E-state index contributed by atoms with van der Waals surface area (Å²) in [5.74, 6) is 2.06. The summed E-state index contributed by atoms with van der Waals surface area (Å²) < 4.78 is 15.7. The zero-order chi connectivity index (χ0) is 39.1. The van der Waals surface area contributed by atoms with Crippen LogP contribution < -0.4 is 15.4 Å². The van der Waals surface area contributed by atoms with Crippen LogP contribution in [0.25, 0.3) is 0 Å². The second-order valence-electron chi connectivity index (χ2n) is 13.2. The second-order valence-corrected chi connectivity index (χ2v) is 13.2. The van der Waals surface area contributed by atoms with Gasteiger partial charge in [0.15, 0.2) is 0 Å². The maximum Gasteiger partial charge on any atom is 0.325 e. The van der Waals surface area contributed by atoms with E-state index in [9.17, 15) is 29.1 Å². The first-order valence-electron chi connectivity index (χ1n) is 19.4. The van der Waals surface area contributed by atoms with Crippen molar-refractivity contribution in [3.05, 3.63) is 42.0 Å². The fourth-order valence-electron chi connectivity index (χ4n) is 5.62. The van der Waals surface area contributed by atoms with Crippen LogP contribution in [0, 0.1) is 23.7 Å². The van der Waals surface area contributed by atoms with E-state index >= 15 is 0 Å². The lowest BCUT2D eigenvalue weighted by atomic mass is 9.87. The summed E-state index contributed by atoms with van der Waals surface area (Å²) in [5, 5.41) is 15.2. The number of methoxy groups -OCH3 is 1. The van der Waals surface area contributed by atoms with E-state index < -0.39 is 41.6 Å². The molecule has 0 aromatic heterocycles. The fraction of sp³-hybridized carbons (Fsp3) is 0.643. The molecule has 0 aliphatic heterocycles. The first-order valence-corrected chi connectivity index (χ1v) is 19.4. The molecule has 0 saturated heterocycles. The Kier molecular flexibility index (Phi) is 26.8. The van der Waals surface area contributed by atoms with Gasteiger partial charge in [-0.3, -0.25) is 24.0 Å². The van der Waals surface area contributed by atoms with Gasteiger partial charge in [-0.15, -0.1) is 5.92 Å². The summed E-state index contributed by atoms with van der Waals surface area (Å²) >= 11 is 0. The summed E-state index contributed by atoms with van der Waals surface area (Å²) in [6.45, 7) is 5.56. The minimum absolute atomic E-state index is 0.0108. The Hall–Kier alpha value is -4.17. The predicted molar refractivity (Wildman–Crippen MR) is 206 cm³/mol. The largest absolute Gasteiger partial charge is 0.481 e. The van der Waals surface area contributed by atoms with Gasteiger partial charge in [-0.05, 0) is 63.1 Å². The Labute approximate surface area is 317 Å². The monoisotopic (exact) mass is 740 g/mol. The molecule has 0 aliphatic rings. The third-order valence-corrected chi connectivity index (χ3v) is 8.82. The molecule has 53 heavy (non-hydrogen) atoms. The van der Waals surface area contributed by atoms with Gasteiger partial charge in [0.1, 0.15) is 30.7 Å². The van der Waals surface area contributed by atoms with E-state index in [0.29, 0.717) is 42.8 Å². The molecule has 0 radical (unpaired) electrons. The number of amides is 2. The summed E-state index contributed by atoms with van der Waals surface area (Å²) in [4.78, 5) is 64.6. The van der Waals surface area contributed by atoms with Gasteiger partial charge < -0.3 is 30.0 Å². The van der Waals surface area contributed by atoms with E-state index in [-0.39, 0.29) is 39.2 Å². The average molecular weight is 741 g/mol. The Balaban J connectivity index is 3.06. The van der Waals surface area contributed by atoms with Crippen LogP contribution in [0.1, 0.15) is 123 Å². The SMILES string of the molecule is CC#CCOc1ccc(C[C@H](NC(=O)[C@@H](/C=C/CCCCCCC(=O)CCCCCCC)[C@@H](CCO)C(=O)OCCCC)C(=O)NCC(=O)OC)cc1. The van der Waals surface area contributed by atoms with Gasteiger partial charge in [0.2, 0.25) is 11.8 Å². The van der Waals surface area contributed by atoms with E-state index in [4.69, 9.17) is 9.47 Å². The number of rotatable bonds is 30. The molecule has 1 rings (SSSR count). The number of Topliss-reactive ketones (excluding diaryl/α,β-unsaturated/α-hetero) is 1. The lowest BCUT2D eigenvalue weighted by molar-refractivity contribution is -0.153. The zero-order valence-corrected chi connectivity index (χ0v) is 32.6. The number of ether oxygens (including phenoxy) is 3. The van der Waals surface area contributed by atoms with E-state index in [1.165, 1.54) is 26.4 Å². The van der Waals surface area contributed by atoms with Crippen LogP contribution in [0.5, 0.6) is 5.75 Å². The number of ketones is 1. The number of carbonyl (C=O) groups excluding carboxylic acids is 5. The van der Waals surface area contributed by atoms with Gasteiger partial charge in [0.05, 0.1) is 25.6 Å². The number of hydrogen-bond donors (Lipinski definition) is 3. The lowest BCUT2D eigenvalue weighted by Gasteiger charge is -2.25. The Bertz CT molecular complexity index is 1300. The number of benzene rings is 1. The highest BCUT2D eigenvalue weighted by atomic mass is 16.5. The first kappa shape index (κ1) is 46.9. The molecular weight excluding hydrogens is 676 g/mol. The average Bonchev–Trinajstić information content (AvgIpc) is 3.15. The minimum atomic E-state index is -1.11. The molecule has 0 spiro atoms.